The number of aryl methyl sites for hydroxylation is 1. The summed E-state index contributed by atoms with van der Waals surface area (Å²) in [4.78, 5) is 22.3. The van der Waals surface area contributed by atoms with Crippen LogP contribution in [-0.4, -0.2) is 50.8 Å². The third-order valence-corrected chi connectivity index (χ3v) is 4.03. The maximum absolute atomic E-state index is 12.4. The Kier molecular flexibility index (Phi) is 4.04. The van der Waals surface area contributed by atoms with E-state index >= 15 is 0 Å². The molecule has 0 bridgehead atoms. The normalized spacial score (nSPS) is 15.8. The largest absolute Gasteiger partial charge is 0.494 e. The van der Waals surface area contributed by atoms with Gasteiger partial charge in [0.2, 0.25) is 5.82 Å². The standard InChI is InChI=1S/C15H19N5O2/c1-19-10-12(7-18-19)11-3-5-20(6-4-11)15(21)14-16-8-13(22-2)9-17-14/h7-11H,3-6H2,1-2H3. The molecule has 116 valence electrons. The van der Waals surface area contributed by atoms with Crippen LogP contribution in [0.15, 0.2) is 24.8 Å². The van der Waals surface area contributed by atoms with Gasteiger partial charge in [-0.1, -0.05) is 0 Å². The van der Waals surface area contributed by atoms with Crippen molar-refractivity contribution >= 4 is 5.91 Å². The topological polar surface area (TPSA) is 73.1 Å². The fraction of sp³-hybridized carbons (Fsp3) is 0.467. The molecule has 22 heavy (non-hydrogen) atoms. The van der Waals surface area contributed by atoms with Crippen molar-refractivity contribution in [1.29, 1.82) is 0 Å². The summed E-state index contributed by atoms with van der Waals surface area (Å²) in [6.45, 7) is 1.43. The molecule has 0 radical (unpaired) electrons. The molecule has 0 aliphatic carbocycles. The maximum Gasteiger partial charge on any atom is 0.291 e. The highest BCUT2D eigenvalue weighted by Crippen LogP contribution is 2.27. The zero-order valence-electron chi connectivity index (χ0n) is 12.8. The first-order valence-electron chi connectivity index (χ1n) is 7.31. The molecule has 1 aliphatic rings. The van der Waals surface area contributed by atoms with Gasteiger partial charge in [-0.15, -0.1) is 0 Å². The second-order valence-electron chi connectivity index (χ2n) is 5.46. The SMILES string of the molecule is COc1cnc(C(=O)N2CCC(c3cnn(C)c3)CC2)nc1. The Morgan fingerprint density at radius 1 is 1.23 bits per heavy atom. The van der Waals surface area contributed by atoms with E-state index in [2.05, 4.69) is 21.3 Å². The summed E-state index contributed by atoms with van der Waals surface area (Å²) in [5, 5.41) is 4.21. The smallest absolute Gasteiger partial charge is 0.291 e. The lowest BCUT2D eigenvalue weighted by Crippen LogP contribution is -2.38. The van der Waals surface area contributed by atoms with Crippen molar-refractivity contribution in [1.82, 2.24) is 24.6 Å². The molecule has 1 aliphatic heterocycles. The number of methoxy groups -OCH3 is 1. The summed E-state index contributed by atoms with van der Waals surface area (Å²) in [6.07, 6.45) is 8.87. The number of ether oxygens (including phenoxy) is 1. The molecule has 2 aromatic rings. The second-order valence-corrected chi connectivity index (χ2v) is 5.46. The fourth-order valence-corrected chi connectivity index (χ4v) is 2.74. The lowest BCUT2D eigenvalue weighted by molar-refractivity contribution is 0.0700. The van der Waals surface area contributed by atoms with E-state index in [1.54, 1.807) is 7.11 Å². The van der Waals surface area contributed by atoms with Gasteiger partial charge in [-0.05, 0) is 24.3 Å². The third kappa shape index (κ3) is 2.93. The molecule has 2 aromatic heterocycles. The summed E-state index contributed by atoms with van der Waals surface area (Å²) in [5.74, 6) is 1.12. The van der Waals surface area contributed by atoms with E-state index in [1.165, 1.54) is 18.0 Å². The summed E-state index contributed by atoms with van der Waals surface area (Å²) in [5.41, 5.74) is 1.25. The summed E-state index contributed by atoms with van der Waals surface area (Å²) >= 11 is 0. The summed E-state index contributed by atoms with van der Waals surface area (Å²) in [7, 11) is 3.46. The van der Waals surface area contributed by atoms with E-state index in [0.717, 1.165) is 12.8 Å². The average Bonchev–Trinajstić information content (AvgIpc) is 3.01. The molecule has 0 spiro atoms. The monoisotopic (exact) mass is 301 g/mol. The lowest BCUT2D eigenvalue weighted by atomic mass is 9.91. The molecule has 0 N–H and O–H groups in total. The predicted octanol–water partition coefficient (Wildman–Crippen LogP) is 1.24. The first-order valence-corrected chi connectivity index (χ1v) is 7.31. The molecule has 1 amide bonds. The third-order valence-electron chi connectivity index (χ3n) is 4.03. The molecule has 7 nitrogen and oxygen atoms in total. The van der Waals surface area contributed by atoms with E-state index in [9.17, 15) is 4.79 Å². The van der Waals surface area contributed by atoms with Crippen LogP contribution >= 0.6 is 0 Å². The Morgan fingerprint density at radius 2 is 1.91 bits per heavy atom. The maximum atomic E-state index is 12.4. The van der Waals surface area contributed by atoms with E-state index in [0.29, 0.717) is 24.8 Å². The van der Waals surface area contributed by atoms with Gasteiger partial charge in [0, 0.05) is 26.3 Å². The highest BCUT2D eigenvalue weighted by Gasteiger charge is 2.26. The van der Waals surface area contributed by atoms with Gasteiger partial charge in [-0.2, -0.15) is 5.10 Å². The Labute approximate surface area is 128 Å². The van der Waals surface area contributed by atoms with Crippen molar-refractivity contribution in [2.45, 2.75) is 18.8 Å². The lowest BCUT2D eigenvalue weighted by Gasteiger charge is -2.31. The quantitative estimate of drug-likeness (QED) is 0.853. The number of piperidine rings is 1. The van der Waals surface area contributed by atoms with Crippen LogP contribution in [0.5, 0.6) is 5.75 Å². The van der Waals surface area contributed by atoms with Gasteiger partial charge in [0.15, 0.2) is 5.75 Å². The van der Waals surface area contributed by atoms with E-state index in [1.807, 2.05) is 22.8 Å². The van der Waals surface area contributed by atoms with Crippen molar-refractivity contribution in [2.75, 3.05) is 20.2 Å². The van der Waals surface area contributed by atoms with Crippen LogP contribution in [-0.2, 0) is 7.05 Å². The minimum atomic E-state index is -0.118. The number of nitrogens with zero attached hydrogens (tertiary/aromatic N) is 5. The first kappa shape index (κ1) is 14.5. The van der Waals surface area contributed by atoms with Gasteiger partial charge in [-0.3, -0.25) is 9.48 Å². The van der Waals surface area contributed by atoms with Crippen LogP contribution in [0.2, 0.25) is 0 Å². The van der Waals surface area contributed by atoms with Gasteiger partial charge in [0.1, 0.15) is 0 Å². The Bertz CT molecular complexity index is 644. The van der Waals surface area contributed by atoms with Gasteiger partial charge in [-0.25, -0.2) is 9.97 Å². The second kappa shape index (κ2) is 6.13. The number of hydrogen-bond donors (Lipinski definition) is 0. The zero-order chi connectivity index (χ0) is 15.5. The molecule has 0 saturated carbocycles. The molecule has 3 rings (SSSR count). The molecule has 7 heteroatoms. The average molecular weight is 301 g/mol. The van der Waals surface area contributed by atoms with Crippen LogP contribution in [0.4, 0.5) is 0 Å². The van der Waals surface area contributed by atoms with Crippen LogP contribution in [0.25, 0.3) is 0 Å². The number of likely N-dealkylation sites (tertiary alicyclic amines) is 1. The first-order chi connectivity index (χ1) is 10.7. The minimum absolute atomic E-state index is 0.118. The molecule has 1 fully saturated rings. The van der Waals surface area contributed by atoms with Crippen LogP contribution in [0.1, 0.15) is 34.9 Å². The van der Waals surface area contributed by atoms with Crippen molar-refractivity contribution in [3.63, 3.8) is 0 Å². The molecule has 0 atom stereocenters. The molecular weight excluding hydrogens is 282 g/mol. The molecular formula is C15H19N5O2. The Balaban J connectivity index is 1.61. The Morgan fingerprint density at radius 3 is 2.45 bits per heavy atom. The van der Waals surface area contributed by atoms with Crippen LogP contribution in [0.3, 0.4) is 0 Å². The molecule has 0 aromatic carbocycles. The summed E-state index contributed by atoms with van der Waals surface area (Å²) in [6, 6.07) is 0. The van der Waals surface area contributed by atoms with Gasteiger partial charge >= 0.3 is 0 Å². The number of carbonyl (C=O) groups is 1. The van der Waals surface area contributed by atoms with Gasteiger partial charge < -0.3 is 9.64 Å². The fourth-order valence-electron chi connectivity index (χ4n) is 2.74. The van der Waals surface area contributed by atoms with E-state index in [-0.39, 0.29) is 11.7 Å². The molecule has 1 saturated heterocycles. The van der Waals surface area contributed by atoms with Crippen molar-refractivity contribution in [3.05, 3.63) is 36.2 Å². The number of rotatable bonds is 3. The van der Waals surface area contributed by atoms with Crippen molar-refractivity contribution < 1.29 is 9.53 Å². The van der Waals surface area contributed by atoms with E-state index < -0.39 is 0 Å². The van der Waals surface area contributed by atoms with Crippen molar-refractivity contribution in [2.24, 2.45) is 7.05 Å². The zero-order valence-corrected chi connectivity index (χ0v) is 12.8. The van der Waals surface area contributed by atoms with Gasteiger partial charge in [0.25, 0.3) is 5.91 Å². The highest BCUT2D eigenvalue weighted by atomic mass is 16.5. The predicted molar refractivity (Wildman–Crippen MR) is 79.7 cm³/mol. The number of amides is 1. The number of aromatic nitrogens is 4. The molecule has 0 unspecified atom stereocenters. The summed E-state index contributed by atoms with van der Waals surface area (Å²) < 4.78 is 6.82. The van der Waals surface area contributed by atoms with Crippen LogP contribution in [0, 0.1) is 0 Å². The molecule has 3 heterocycles. The number of carbonyl (C=O) groups excluding carboxylic acids is 1. The van der Waals surface area contributed by atoms with Crippen LogP contribution < -0.4 is 4.74 Å². The number of hydrogen-bond acceptors (Lipinski definition) is 5. The highest BCUT2D eigenvalue weighted by molar-refractivity contribution is 5.90. The van der Waals surface area contributed by atoms with Gasteiger partial charge in [0.05, 0.1) is 25.7 Å². The van der Waals surface area contributed by atoms with Crippen molar-refractivity contribution in [3.8, 4) is 5.75 Å². The minimum Gasteiger partial charge on any atom is -0.494 e. The Hall–Kier alpha value is -2.44. The van der Waals surface area contributed by atoms with E-state index in [4.69, 9.17) is 4.74 Å².